The van der Waals surface area contributed by atoms with Crippen LogP contribution in [0.1, 0.15) is 28.9 Å². The molecule has 0 bridgehead atoms. The number of nitrogens with one attached hydrogen (secondary N) is 1. The Bertz CT molecular complexity index is 774. The van der Waals surface area contributed by atoms with Gasteiger partial charge in [0.2, 0.25) is 0 Å². The van der Waals surface area contributed by atoms with Crippen LogP contribution in [0.3, 0.4) is 0 Å². The van der Waals surface area contributed by atoms with E-state index in [1.807, 2.05) is 0 Å². The van der Waals surface area contributed by atoms with Gasteiger partial charge in [0.15, 0.2) is 10.9 Å². The summed E-state index contributed by atoms with van der Waals surface area (Å²) in [6.45, 7) is 0.298. The maximum Gasteiger partial charge on any atom is 0.305 e. The van der Waals surface area contributed by atoms with Crippen LogP contribution in [0, 0.1) is 5.82 Å². The summed E-state index contributed by atoms with van der Waals surface area (Å²) in [6.07, 6.45) is 2.03. The van der Waals surface area contributed by atoms with Gasteiger partial charge in [0.25, 0.3) is 5.91 Å². The lowest BCUT2D eigenvalue weighted by molar-refractivity contribution is -0.140. The molecule has 1 aromatic heterocycles. The van der Waals surface area contributed by atoms with Gasteiger partial charge in [-0.15, -0.1) is 0 Å². The van der Waals surface area contributed by atoms with Crippen LogP contribution in [-0.4, -0.2) is 35.5 Å². The molecule has 1 aromatic carbocycles. The molecule has 2 aromatic rings. The molecular formula is C17H17ClFN3O3S. The molecule has 1 N–H and O–H groups in total. The van der Waals surface area contributed by atoms with Crippen molar-refractivity contribution in [3.05, 3.63) is 52.6 Å². The van der Waals surface area contributed by atoms with Gasteiger partial charge in [-0.25, -0.2) is 14.4 Å². The van der Waals surface area contributed by atoms with Gasteiger partial charge in [-0.2, -0.15) is 0 Å². The quantitative estimate of drug-likeness (QED) is 0.319. The third-order valence-corrected chi connectivity index (χ3v) is 4.50. The summed E-state index contributed by atoms with van der Waals surface area (Å²) in [7, 11) is 1.31. The number of thioether (sulfide) groups is 1. The van der Waals surface area contributed by atoms with Crippen molar-refractivity contribution in [1.29, 1.82) is 0 Å². The second-order valence-corrected chi connectivity index (χ2v) is 6.55. The average Bonchev–Trinajstić information content (AvgIpc) is 2.65. The Morgan fingerprint density at radius 1 is 1.31 bits per heavy atom. The van der Waals surface area contributed by atoms with Crippen LogP contribution in [-0.2, 0) is 15.3 Å². The number of esters is 1. The molecule has 26 heavy (non-hydrogen) atoms. The molecule has 0 unspecified atom stereocenters. The van der Waals surface area contributed by atoms with Gasteiger partial charge in [-0.05, 0) is 24.1 Å². The van der Waals surface area contributed by atoms with Gasteiger partial charge < -0.3 is 10.1 Å². The van der Waals surface area contributed by atoms with E-state index >= 15 is 0 Å². The average molecular weight is 398 g/mol. The summed E-state index contributed by atoms with van der Waals surface area (Å²) in [4.78, 5) is 31.5. The number of amides is 1. The molecule has 0 aliphatic rings. The van der Waals surface area contributed by atoms with Crippen molar-refractivity contribution in [3.8, 4) is 0 Å². The number of halogens is 2. The second-order valence-electron chi connectivity index (χ2n) is 5.20. The highest BCUT2D eigenvalue weighted by Crippen LogP contribution is 2.22. The largest absolute Gasteiger partial charge is 0.469 e. The van der Waals surface area contributed by atoms with Crippen molar-refractivity contribution in [2.75, 3.05) is 13.7 Å². The fraction of sp³-hybridized carbons (Fsp3) is 0.294. The lowest BCUT2D eigenvalue weighted by atomic mass is 10.2. The predicted molar refractivity (Wildman–Crippen MR) is 96.6 cm³/mol. The van der Waals surface area contributed by atoms with Gasteiger partial charge in [-0.3, -0.25) is 9.59 Å². The first-order chi connectivity index (χ1) is 12.5. The van der Waals surface area contributed by atoms with Crippen molar-refractivity contribution < 1.29 is 18.7 Å². The molecule has 0 radical (unpaired) electrons. The van der Waals surface area contributed by atoms with E-state index in [4.69, 9.17) is 11.6 Å². The highest BCUT2D eigenvalue weighted by Gasteiger charge is 2.14. The standard InChI is InChI=1S/C17H17ClFN3O3S/c1-25-14(23)3-2-8-20-16(24)15-13(18)9-21-17(22-15)26-10-11-4-6-12(19)7-5-11/h4-7,9H,2-3,8,10H2,1H3,(H,20,24). The Kier molecular flexibility index (Phi) is 7.80. The summed E-state index contributed by atoms with van der Waals surface area (Å²) in [5.74, 6) is -0.542. The highest BCUT2D eigenvalue weighted by atomic mass is 35.5. The first-order valence-corrected chi connectivity index (χ1v) is 9.10. The number of carbonyl (C=O) groups is 2. The molecule has 138 valence electrons. The van der Waals surface area contributed by atoms with Gasteiger partial charge in [-0.1, -0.05) is 35.5 Å². The van der Waals surface area contributed by atoms with E-state index in [-0.39, 0.29) is 28.9 Å². The lowest BCUT2D eigenvalue weighted by Crippen LogP contribution is -2.26. The summed E-state index contributed by atoms with van der Waals surface area (Å²) in [6, 6.07) is 6.11. The predicted octanol–water partition coefficient (Wildman–Crippen LogP) is 3.24. The van der Waals surface area contributed by atoms with E-state index in [1.54, 1.807) is 12.1 Å². The van der Waals surface area contributed by atoms with Crippen molar-refractivity contribution >= 4 is 35.2 Å². The monoisotopic (exact) mass is 397 g/mol. The Labute approximate surface area is 159 Å². The van der Waals surface area contributed by atoms with Crippen LogP contribution < -0.4 is 5.32 Å². The summed E-state index contributed by atoms with van der Waals surface area (Å²) in [5, 5.41) is 3.18. The maximum atomic E-state index is 12.9. The molecule has 0 fully saturated rings. The minimum Gasteiger partial charge on any atom is -0.469 e. The summed E-state index contributed by atoms with van der Waals surface area (Å²) in [5.41, 5.74) is 0.977. The Balaban J connectivity index is 1.92. The van der Waals surface area contributed by atoms with Crippen molar-refractivity contribution in [3.63, 3.8) is 0 Å². The van der Waals surface area contributed by atoms with Gasteiger partial charge in [0.1, 0.15) is 5.82 Å². The molecule has 2 rings (SSSR count). The van der Waals surface area contributed by atoms with E-state index in [2.05, 4.69) is 20.0 Å². The Morgan fingerprint density at radius 3 is 2.73 bits per heavy atom. The zero-order valence-corrected chi connectivity index (χ0v) is 15.6. The van der Waals surface area contributed by atoms with E-state index in [9.17, 15) is 14.0 Å². The fourth-order valence-electron chi connectivity index (χ4n) is 1.93. The highest BCUT2D eigenvalue weighted by molar-refractivity contribution is 7.98. The minimum absolute atomic E-state index is 0.0707. The summed E-state index contributed by atoms with van der Waals surface area (Å²) < 4.78 is 17.4. The second kappa shape index (κ2) is 10.1. The topological polar surface area (TPSA) is 81.2 Å². The van der Waals surface area contributed by atoms with E-state index < -0.39 is 5.91 Å². The van der Waals surface area contributed by atoms with Crippen LogP contribution in [0.4, 0.5) is 4.39 Å². The number of benzene rings is 1. The summed E-state index contributed by atoms with van der Waals surface area (Å²) >= 11 is 7.31. The van der Waals surface area contributed by atoms with Crippen LogP contribution in [0.15, 0.2) is 35.6 Å². The number of carbonyl (C=O) groups excluding carboxylic acids is 2. The number of rotatable bonds is 8. The van der Waals surface area contributed by atoms with E-state index in [0.29, 0.717) is 23.9 Å². The van der Waals surface area contributed by atoms with Crippen LogP contribution in [0.5, 0.6) is 0 Å². The van der Waals surface area contributed by atoms with Crippen LogP contribution in [0.25, 0.3) is 0 Å². The normalized spacial score (nSPS) is 10.4. The third kappa shape index (κ3) is 6.27. The molecule has 0 aliphatic carbocycles. The number of hydrogen-bond donors (Lipinski definition) is 1. The molecular weight excluding hydrogens is 381 g/mol. The van der Waals surface area contributed by atoms with E-state index in [0.717, 1.165) is 5.56 Å². The zero-order valence-electron chi connectivity index (χ0n) is 14.0. The Hall–Kier alpha value is -2.19. The maximum absolute atomic E-state index is 12.9. The zero-order chi connectivity index (χ0) is 18.9. The van der Waals surface area contributed by atoms with Gasteiger partial charge >= 0.3 is 5.97 Å². The molecule has 1 amide bonds. The number of methoxy groups -OCH3 is 1. The van der Waals surface area contributed by atoms with Crippen molar-refractivity contribution in [1.82, 2.24) is 15.3 Å². The van der Waals surface area contributed by atoms with Crippen LogP contribution >= 0.6 is 23.4 Å². The lowest BCUT2D eigenvalue weighted by Gasteiger charge is -2.07. The molecule has 6 nitrogen and oxygen atoms in total. The molecule has 0 aliphatic heterocycles. The minimum atomic E-state index is -0.439. The molecule has 0 spiro atoms. The van der Waals surface area contributed by atoms with Crippen molar-refractivity contribution in [2.24, 2.45) is 0 Å². The van der Waals surface area contributed by atoms with Gasteiger partial charge in [0.05, 0.1) is 18.3 Å². The molecule has 0 saturated carbocycles. The first kappa shape index (κ1) is 20.1. The van der Waals surface area contributed by atoms with Gasteiger partial charge in [0, 0.05) is 18.7 Å². The SMILES string of the molecule is COC(=O)CCCNC(=O)c1nc(SCc2ccc(F)cc2)ncc1Cl. The molecule has 0 atom stereocenters. The number of aromatic nitrogens is 2. The first-order valence-electron chi connectivity index (χ1n) is 7.74. The number of nitrogens with zero attached hydrogens (tertiary/aromatic N) is 2. The number of hydrogen-bond acceptors (Lipinski definition) is 6. The fourth-order valence-corrected chi connectivity index (χ4v) is 2.88. The molecule has 0 saturated heterocycles. The Morgan fingerprint density at radius 2 is 2.04 bits per heavy atom. The molecule has 9 heteroatoms. The number of ether oxygens (including phenoxy) is 1. The van der Waals surface area contributed by atoms with E-state index in [1.165, 1.54) is 37.2 Å². The smallest absolute Gasteiger partial charge is 0.305 e. The van der Waals surface area contributed by atoms with Crippen LogP contribution in [0.2, 0.25) is 5.02 Å². The molecule has 1 heterocycles. The van der Waals surface area contributed by atoms with Crippen molar-refractivity contribution in [2.45, 2.75) is 23.8 Å². The third-order valence-electron chi connectivity index (χ3n) is 3.29.